The zero-order valence-corrected chi connectivity index (χ0v) is 20.7. The second-order valence-corrected chi connectivity index (χ2v) is 11.3. The summed E-state index contributed by atoms with van der Waals surface area (Å²) >= 11 is 6.22. The first-order valence-corrected chi connectivity index (χ1v) is 12.1. The molecule has 0 saturated heterocycles. The van der Waals surface area contributed by atoms with E-state index in [4.69, 9.17) is 17.4 Å². The van der Waals surface area contributed by atoms with Crippen molar-refractivity contribution in [2.24, 2.45) is 5.84 Å². The molecule has 1 heterocycles. The number of sulfonamides is 1. The van der Waals surface area contributed by atoms with Crippen LogP contribution in [0, 0.1) is 6.92 Å². The van der Waals surface area contributed by atoms with E-state index in [1.165, 1.54) is 0 Å². The summed E-state index contributed by atoms with van der Waals surface area (Å²) in [6.07, 6.45) is 1.65. The lowest BCUT2D eigenvalue weighted by atomic mass is 10.2. The Bertz CT molecular complexity index is 1310. The average molecular weight is 504 g/mol. The van der Waals surface area contributed by atoms with E-state index in [9.17, 15) is 13.2 Å². The number of amides is 1. The number of halogens is 1. The number of hydrogen-bond donors (Lipinski definition) is 5. The fourth-order valence-electron chi connectivity index (χ4n) is 2.66. The van der Waals surface area contributed by atoms with Gasteiger partial charge in [0.1, 0.15) is 5.82 Å². The van der Waals surface area contributed by atoms with Gasteiger partial charge >= 0.3 is 0 Å². The highest BCUT2D eigenvalue weighted by Gasteiger charge is 2.29. The summed E-state index contributed by atoms with van der Waals surface area (Å²) in [5, 5.41) is 6.51. The van der Waals surface area contributed by atoms with Crippen LogP contribution >= 0.6 is 11.6 Å². The van der Waals surface area contributed by atoms with Crippen molar-refractivity contribution in [3.05, 3.63) is 64.8 Å². The maximum atomic E-state index is 12.5. The quantitative estimate of drug-likeness (QED) is 0.184. The molecule has 10 nitrogen and oxygen atoms in total. The molecular weight excluding hydrogens is 478 g/mol. The van der Waals surface area contributed by atoms with Crippen LogP contribution in [0.1, 0.15) is 36.7 Å². The number of nitrogen functional groups attached to an aromatic ring is 1. The largest absolute Gasteiger partial charge is 0.340 e. The van der Waals surface area contributed by atoms with E-state index in [1.54, 1.807) is 69.4 Å². The van der Waals surface area contributed by atoms with Crippen molar-refractivity contribution in [2.45, 2.75) is 32.4 Å². The maximum Gasteiger partial charge on any atom is 0.265 e. The van der Waals surface area contributed by atoms with Crippen molar-refractivity contribution in [3.63, 3.8) is 0 Å². The summed E-state index contributed by atoms with van der Waals surface area (Å²) in [5.74, 6) is 5.59. The summed E-state index contributed by atoms with van der Waals surface area (Å²) in [6.45, 7) is 6.64. The second kappa shape index (κ2) is 9.84. The topological polar surface area (TPSA) is 151 Å². The van der Waals surface area contributed by atoms with Crippen LogP contribution in [-0.4, -0.2) is 29.0 Å². The molecule has 0 spiro atoms. The molecule has 0 aliphatic rings. The van der Waals surface area contributed by atoms with Crippen molar-refractivity contribution in [1.82, 2.24) is 15.4 Å². The molecule has 0 atom stereocenters. The predicted molar refractivity (Wildman–Crippen MR) is 135 cm³/mol. The number of aromatic nitrogens is 2. The molecule has 0 aliphatic heterocycles. The van der Waals surface area contributed by atoms with Crippen LogP contribution in [0.15, 0.2) is 48.7 Å². The second-order valence-electron chi connectivity index (χ2n) is 8.44. The Hall–Kier alpha value is -3.41. The molecule has 180 valence electrons. The molecule has 1 amide bonds. The molecule has 34 heavy (non-hydrogen) atoms. The molecule has 0 radical (unpaired) electrons. The van der Waals surface area contributed by atoms with Gasteiger partial charge in [-0.15, -0.1) is 0 Å². The Morgan fingerprint density at radius 3 is 2.29 bits per heavy atom. The minimum atomic E-state index is -3.65. The van der Waals surface area contributed by atoms with Gasteiger partial charge < -0.3 is 10.6 Å². The fraction of sp³-hybridized carbons (Fsp3) is 0.227. The summed E-state index contributed by atoms with van der Waals surface area (Å²) in [5.41, 5.74) is 4.78. The molecule has 1 aromatic heterocycles. The van der Waals surface area contributed by atoms with Gasteiger partial charge in [0.05, 0.1) is 15.5 Å². The molecule has 12 heteroatoms. The third-order valence-corrected chi connectivity index (χ3v) is 7.22. The Morgan fingerprint density at radius 2 is 1.68 bits per heavy atom. The molecule has 3 aromatic rings. The number of anilines is 5. The monoisotopic (exact) mass is 503 g/mol. The number of aryl methyl sites for hydroxylation is 1. The highest BCUT2D eigenvalue weighted by molar-refractivity contribution is 7.94. The molecular formula is C22H26ClN7O3S. The lowest BCUT2D eigenvalue weighted by Gasteiger charge is -2.21. The SMILES string of the molecule is Cc1cnc(Nc2ccc(C(=O)NN)cc2)nc1Nc1ccc(Cl)c(NS(=O)(=O)C(C)(C)C)c1. The third kappa shape index (κ3) is 5.93. The van der Waals surface area contributed by atoms with E-state index in [0.717, 1.165) is 5.56 Å². The molecule has 6 N–H and O–H groups in total. The molecule has 0 fully saturated rings. The molecule has 0 saturated carbocycles. The van der Waals surface area contributed by atoms with Gasteiger partial charge in [-0.2, -0.15) is 4.98 Å². The van der Waals surface area contributed by atoms with Gasteiger partial charge in [-0.05, 0) is 70.2 Å². The van der Waals surface area contributed by atoms with E-state index in [-0.39, 0.29) is 10.7 Å². The first kappa shape index (κ1) is 25.2. The van der Waals surface area contributed by atoms with Gasteiger partial charge in [-0.3, -0.25) is 14.9 Å². The number of nitrogens with zero attached hydrogens (tertiary/aromatic N) is 2. The zero-order chi connectivity index (χ0) is 25.1. The van der Waals surface area contributed by atoms with Crippen molar-refractivity contribution in [1.29, 1.82) is 0 Å². The Kier molecular flexibility index (Phi) is 7.29. The van der Waals surface area contributed by atoms with E-state index in [0.29, 0.717) is 28.7 Å². The van der Waals surface area contributed by atoms with Crippen LogP contribution in [0.2, 0.25) is 5.02 Å². The summed E-state index contributed by atoms with van der Waals surface area (Å²) in [4.78, 5) is 20.4. The normalized spacial score (nSPS) is 11.6. The van der Waals surface area contributed by atoms with E-state index < -0.39 is 20.7 Å². The Labute approximate surface area is 203 Å². The van der Waals surface area contributed by atoms with Crippen LogP contribution in [0.4, 0.5) is 28.8 Å². The lowest BCUT2D eigenvalue weighted by Crippen LogP contribution is -2.33. The lowest BCUT2D eigenvalue weighted by molar-refractivity contribution is 0.0953. The fourth-order valence-corrected chi connectivity index (χ4v) is 3.65. The van der Waals surface area contributed by atoms with Gasteiger partial charge in [-0.25, -0.2) is 19.2 Å². The van der Waals surface area contributed by atoms with Crippen LogP contribution in [-0.2, 0) is 10.0 Å². The number of nitrogens with two attached hydrogens (primary N) is 1. The molecule has 0 bridgehead atoms. The van der Waals surface area contributed by atoms with Crippen molar-refractivity contribution < 1.29 is 13.2 Å². The number of hydrogen-bond acceptors (Lipinski definition) is 8. The van der Waals surface area contributed by atoms with Crippen molar-refractivity contribution in [2.75, 3.05) is 15.4 Å². The Morgan fingerprint density at radius 1 is 1.03 bits per heavy atom. The summed E-state index contributed by atoms with van der Waals surface area (Å²) in [7, 11) is -3.65. The number of benzene rings is 2. The van der Waals surface area contributed by atoms with Gasteiger partial charge in [0.15, 0.2) is 0 Å². The molecule has 3 rings (SSSR count). The minimum Gasteiger partial charge on any atom is -0.340 e. The smallest absolute Gasteiger partial charge is 0.265 e. The third-order valence-electron chi connectivity index (χ3n) is 4.79. The number of hydrazine groups is 1. The van der Waals surface area contributed by atoms with E-state index >= 15 is 0 Å². The number of carbonyl (C=O) groups excluding carboxylic acids is 1. The molecule has 2 aromatic carbocycles. The van der Waals surface area contributed by atoms with Gasteiger partial charge in [0.25, 0.3) is 5.91 Å². The highest BCUT2D eigenvalue weighted by atomic mass is 35.5. The number of rotatable bonds is 7. The van der Waals surface area contributed by atoms with Crippen LogP contribution < -0.4 is 26.6 Å². The van der Waals surface area contributed by atoms with Gasteiger partial charge in [0, 0.05) is 28.7 Å². The number of carbonyl (C=O) groups is 1. The van der Waals surface area contributed by atoms with Gasteiger partial charge in [-0.1, -0.05) is 11.6 Å². The van der Waals surface area contributed by atoms with E-state index in [1.807, 2.05) is 6.92 Å². The predicted octanol–water partition coefficient (Wildman–Crippen LogP) is 4.07. The molecule has 0 unspecified atom stereocenters. The van der Waals surface area contributed by atoms with Gasteiger partial charge in [0.2, 0.25) is 16.0 Å². The zero-order valence-electron chi connectivity index (χ0n) is 19.1. The van der Waals surface area contributed by atoms with Crippen molar-refractivity contribution in [3.8, 4) is 0 Å². The number of nitrogens with one attached hydrogen (secondary N) is 4. The van der Waals surface area contributed by atoms with Crippen LogP contribution in [0.5, 0.6) is 0 Å². The minimum absolute atomic E-state index is 0.258. The standard InChI is InChI=1S/C22H26ClN7O3S/c1-13-12-25-21(27-15-7-5-14(6-8-15)20(31)29-24)28-19(13)26-16-9-10-17(23)18(11-16)30-34(32,33)22(2,3)4/h5-12,30H,24H2,1-4H3,(H,29,31)(H2,25,26,27,28). The first-order chi connectivity index (χ1) is 15.9. The summed E-state index contributed by atoms with van der Waals surface area (Å²) in [6, 6.07) is 11.5. The van der Waals surface area contributed by atoms with Crippen molar-refractivity contribution >= 4 is 56.4 Å². The average Bonchev–Trinajstić information content (AvgIpc) is 2.77. The van der Waals surface area contributed by atoms with E-state index in [2.05, 4.69) is 30.7 Å². The maximum absolute atomic E-state index is 12.5. The summed E-state index contributed by atoms with van der Waals surface area (Å²) < 4.78 is 26.6. The van der Waals surface area contributed by atoms with Crippen LogP contribution in [0.3, 0.4) is 0 Å². The Balaban J connectivity index is 1.81. The highest BCUT2D eigenvalue weighted by Crippen LogP contribution is 2.30. The first-order valence-electron chi connectivity index (χ1n) is 10.2. The van der Waals surface area contributed by atoms with Crippen LogP contribution in [0.25, 0.3) is 0 Å². The molecule has 0 aliphatic carbocycles.